The minimum Gasteiger partial charge on any atom is -0.375 e. The molecule has 1 aromatic carbocycles. The maximum absolute atomic E-state index is 6.20. The summed E-state index contributed by atoms with van der Waals surface area (Å²) in [5, 5.41) is 1.31. The Balaban J connectivity index is 2.87. The van der Waals surface area contributed by atoms with Gasteiger partial charge < -0.3 is 5.73 Å². The van der Waals surface area contributed by atoms with E-state index in [1.165, 1.54) is 16.9 Å². The van der Waals surface area contributed by atoms with E-state index in [0.717, 1.165) is 20.8 Å². The average molecular weight is 241 g/mol. The third-order valence-electron chi connectivity index (χ3n) is 2.45. The molecule has 0 atom stereocenters. The number of halogens is 1. The number of nitrogens with zero attached hydrogens (tertiary/aromatic N) is 1. The Morgan fingerprint density at radius 3 is 2.73 bits per heavy atom. The highest BCUT2D eigenvalue weighted by Crippen LogP contribution is 2.37. The monoisotopic (exact) mass is 240 g/mol. The molecule has 0 amide bonds. The number of benzene rings is 1. The molecule has 0 saturated heterocycles. The van der Waals surface area contributed by atoms with Gasteiger partial charge in [-0.15, -0.1) is 0 Å². The zero-order valence-electron chi connectivity index (χ0n) is 8.97. The fraction of sp³-hybridized carbons (Fsp3) is 0.364. The lowest BCUT2D eigenvalue weighted by Crippen LogP contribution is -1.90. The van der Waals surface area contributed by atoms with Crippen molar-refractivity contribution in [2.45, 2.75) is 26.7 Å². The number of hydrogen-bond donors (Lipinski definition) is 1. The van der Waals surface area contributed by atoms with Crippen LogP contribution in [0.15, 0.2) is 6.07 Å². The summed E-state index contributed by atoms with van der Waals surface area (Å²) in [5.74, 6) is 0.461. The summed E-state index contributed by atoms with van der Waals surface area (Å²) < 4.78 is 1.12. The summed E-state index contributed by atoms with van der Waals surface area (Å²) in [5.41, 5.74) is 8.92. The molecule has 2 N–H and O–H groups in total. The van der Waals surface area contributed by atoms with Crippen LogP contribution < -0.4 is 5.73 Å². The van der Waals surface area contributed by atoms with E-state index in [0.29, 0.717) is 11.0 Å². The SMILES string of the molecule is Cc1cc(C(C)C)c2sc(N)nc2c1Cl. The Kier molecular flexibility index (Phi) is 2.61. The molecule has 0 radical (unpaired) electrons. The minimum absolute atomic E-state index is 0.461. The van der Waals surface area contributed by atoms with Crippen LogP contribution in [0.3, 0.4) is 0 Å². The lowest BCUT2D eigenvalue weighted by Gasteiger charge is -2.09. The number of nitrogens with two attached hydrogens (primary N) is 1. The number of anilines is 1. The third kappa shape index (κ3) is 1.70. The molecule has 15 heavy (non-hydrogen) atoms. The second-order valence-electron chi connectivity index (χ2n) is 3.98. The van der Waals surface area contributed by atoms with Gasteiger partial charge in [0.2, 0.25) is 0 Å². The first-order chi connectivity index (χ1) is 7.00. The van der Waals surface area contributed by atoms with Gasteiger partial charge in [-0.05, 0) is 24.0 Å². The molecule has 0 fully saturated rings. The van der Waals surface area contributed by atoms with E-state index in [1.807, 2.05) is 6.92 Å². The first-order valence-corrected chi connectivity index (χ1v) is 6.05. The molecule has 80 valence electrons. The van der Waals surface area contributed by atoms with E-state index >= 15 is 0 Å². The molecule has 0 aliphatic carbocycles. The van der Waals surface area contributed by atoms with E-state index in [2.05, 4.69) is 24.9 Å². The van der Waals surface area contributed by atoms with Crippen molar-refractivity contribution in [3.05, 3.63) is 22.2 Å². The molecule has 2 nitrogen and oxygen atoms in total. The van der Waals surface area contributed by atoms with Crippen molar-refractivity contribution < 1.29 is 0 Å². The highest BCUT2D eigenvalue weighted by atomic mass is 35.5. The van der Waals surface area contributed by atoms with Gasteiger partial charge in [-0.3, -0.25) is 0 Å². The molecule has 0 bridgehead atoms. The smallest absolute Gasteiger partial charge is 0.181 e. The van der Waals surface area contributed by atoms with Crippen LogP contribution in [-0.2, 0) is 0 Å². The molecule has 0 aliphatic heterocycles. The topological polar surface area (TPSA) is 38.9 Å². The fourth-order valence-corrected chi connectivity index (χ4v) is 2.91. The number of thiazole rings is 1. The molecule has 1 aromatic heterocycles. The van der Waals surface area contributed by atoms with Crippen molar-refractivity contribution in [3.63, 3.8) is 0 Å². The lowest BCUT2D eigenvalue weighted by atomic mass is 10.0. The summed E-state index contributed by atoms with van der Waals surface area (Å²) in [6.45, 7) is 6.33. The van der Waals surface area contributed by atoms with Crippen LogP contribution in [0.25, 0.3) is 10.2 Å². The average Bonchev–Trinajstić information content (AvgIpc) is 2.53. The number of aromatic nitrogens is 1. The second-order valence-corrected chi connectivity index (χ2v) is 5.39. The summed E-state index contributed by atoms with van der Waals surface area (Å²) in [6.07, 6.45) is 0. The van der Waals surface area contributed by atoms with Gasteiger partial charge in [-0.2, -0.15) is 0 Å². The van der Waals surface area contributed by atoms with Gasteiger partial charge >= 0.3 is 0 Å². The van der Waals surface area contributed by atoms with Crippen molar-refractivity contribution in [2.75, 3.05) is 5.73 Å². The van der Waals surface area contributed by atoms with Gasteiger partial charge in [0, 0.05) is 0 Å². The van der Waals surface area contributed by atoms with E-state index in [1.54, 1.807) is 0 Å². The Bertz CT molecular complexity index is 517. The van der Waals surface area contributed by atoms with Crippen LogP contribution in [0.2, 0.25) is 5.02 Å². The first kappa shape index (κ1) is 10.7. The van der Waals surface area contributed by atoms with Gasteiger partial charge in [0.1, 0.15) is 5.52 Å². The van der Waals surface area contributed by atoms with E-state index in [4.69, 9.17) is 17.3 Å². The largest absolute Gasteiger partial charge is 0.375 e. The normalized spacial score (nSPS) is 11.5. The predicted molar refractivity (Wildman–Crippen MR) is 67.9 cm³/mol. The van der Waals surface area contributed by atoms with Crippen molar-refractivity contribution in [1.29, 1.82) is 0 Å². The van der Waals surface area contributed by atoms with Gasteiger partial charge in [-0.25, -0.2) is 4.98 Å². The van der Waals surface area contributed by atoms with Crippen molar-refractivity contribution in [3.8, 4) is 0 Å². The standard InChI is InChI=1S/C11H13ClN2S/c1-5(2)7-4-6(3)8(12)9-10(7)15-11(13)14-9/h4-5H,1-3H3,(H2,13,14). The summed E-state index contributed by atoms with van der Waals surface area (Å²) in [4.78, 5) is 4.28. The molecule has 0 spiro atoms. The van der Waals surface area contributed by atoms with Crippen LogP contribution >= 0.6 is 22.9 Å². The van der Waals surface area contributed by atoms with Crippen molar-refractivity contribution in [1.82, 2.24) is 4.98 Å². The molecule has 1 heterocycles. The number of nitrogen functional groups attached to an aromatic ring is 1. The van der Waals surface area contributed by atoms with Crippen LogP contribution in [0.5, 0.6) is 0 Å². The van der Waals surface area contributed by atoms with Crippen LogP contribution in [0.4, 0.5) is 5.13 Å². The van der Waals surface area contributed by atoms with Gasteiger partial charge in [-0.1, -0.05) is 42.9 Å². The highest BCUT2D eigenvalue weighted by Gasteiger charge is 2.14. The molecule has 0 aliphatic rings. The Hall–Kier alpha value is -0.800. The quantitative estimate of drug-likeness (QED) is 0.819. The molecular weight excluding hydrogens is 228 g/mol. The molecule has 2 aromatic rings. The summed E-state index contributed by atoms with van der Waals surface area (Å²) in [6, 6.07) is 2.13. The van der Waals surface area contributed by atoms with Crippen molar-refractivity contribution >= 4 is 38.3 Å². The van der Waals surface area contributed by atoms with Gasteiger partial charge in [0.15, 0.2) is 5.13 Å². The van der Waals surface area contributed by atoms with Crippen LogP contribution in [0, 0.1) is 6.92 Å². The number of rotatable bonds is 1. The highest BCUT2D eigenvalue weighted by molar-refractivity contribution is 7.22. The summed E-state index contributed by atoms with van der Waals surface area (Å²) in [7, 11) is 0. The molecule has 0 unspecified atom stereocenters. The van der Waals surface area contributed by atoms with Crippen LogP contribution in [-0.4, -0.2) is 4.98 Å². The molecular formula is C11H13ClN2S. The number of fused-ring (bicyclic) bond motifs is 1. The molecule has 2 rings (SSSR count). The van der Waals surface area contributed by atoms with Crippen LogP contribution in [0.1, 0.15) is 30.9 Å². The zero-order valence-corrected chi connectivity index (χ0v) is 10.5. The van der Waals surface area contributed by atoms with Crippen molar-refractivity contribution in [2.24, 2.45) is 0 Å². The van der Waals surface area contributed by atoms with E-state index in [-0.39, 0.29) is 0 Å². The second kappa shape index (κ2) is 3.65. The zero-order chi connectivity index (χ0) is 11.2. The molecule has 4 heteroatoms. The van der Waals surface area contributed by atoms with Gasteiger partial charge in [0.05, 0.1) is 9.72 Å². The lowest BCUT2D eigenvalue weighted by molar-refractivity contribution is 0.876. The minimum atomic E-state index is 0.461. The predicted octanol–water partition coefficient (Wildman–Crippen LogP) is 3.96. The Labute approximate surface area is 98.1 Å². The maximum atomic E-state index is 6.20. The summed E-state index contributed by atoms with van der Waals surface area (Å²) >= 11 is 7.72. The Morgan fingerprint density at radius 2 is 2.13 bits per heavy atom. The van der Waals surface area contributed by atoms with E-state index in [9.17, 15) is 0 Å². The number of aryl methyl sites for hydroxylation is 1. The molecule has 0 saturated carbocycles. The Morgan fingerprint density at radius 1 is 1.47 bits per heavy atom. The van der Waals surface area contributed by atoms with Gasteiger partial charge in [0.25, 0.3) is 0 Å². The number of hydrogen-bond acceptors (Lipinski definition) is 3. The fourth-order valence-electron chi connectivity index (χ4n) is 1.66. The maximum Gasteiger partial charge on any atom is 0.181 e. The third-order valence-corrected chi connectivity index (χ3v) is 3.86. The first-order valence-electron chi connectivity index (χ1n) is 4.85. The van der Waals surface area contributed by atoms with E-state index < -0.39 is 0 Å².